The summed E-state index contributed by atoms with van der Waals surface area (Å²) in [7, 11) is 1.80. The molecule has 0 aromatic carbocycles. The molecule has 19 heavy (non-hydrogen) atoms. The molecule has 1 aliphatic rings. The van der Waals surface area contributed by atoms with Crippen molar-refractivity contribution in [3.8, 4) is 0 Å². The van der Waals surface area contributed by atoms with E-state index in [9.17, 15) is 0 Å². The van der Waals surface area contributed by atoms with E-state index in [0.717, 1.165) is 35.4 Å². The number of hydrogen-bond acceptors (Lipinski definition) is 3. The minimum Gasteiger partial charge on any atom is -0.361 e. The van der Waals surface area contributed by atoms with Gasteiger partial charge in [0.05, 0.1) is 5.69 Å². The van der Waals surface area contributed by atoms with Gasteiger partial charge in [0.15, 0.2) is 5.96 Å². The second-order valence-corrected chi connectivity index (χ2v) is 5.26. The van der Waals surface area contributed by atoms with Gasteiger partial charge in [0.25, 0.3) is 0 Å². The number of aromatic nitrogens is 1. The molecule has 1 aromatic heterocycles. The third kappa shape index (κ3) is 3.72. The molecule has 0 amide bonds. The van der Waals surface area contributed by atoms with Crippen molar-refractivity contribution in [2.45, 2.75) is 46.1 Å². The Morgan fingerprint density at radius 1 is 1.32 bits per heavy atom. The van der Waals surface area contributed by atoms with Gasteiger partial charge in [-0.2, -0.15) is 0 Å². The molecule has 1 fully saturated rings. The Morgan fingerprint density at radius 2 is 2.05 bits per heavy atom. The number of guanidine groups is 1. The van der Waals surface area contributed by atoms with Crippen molar-refractivity contribution < 1.29 is 4.52 Å². The third-order valence-corrected chi connectivity index (χ3v) is 3.87. The van der Waals surface area contributed by atoms with E-state index in [2.05, 4.69) is 20.8 Å². The van der Waals surface area contributed by atoms with Gasteiger partial charge >= 0.3 is 0 Å². The summed E-state index contributed by atoms with van der Waals surface area (Å²) in [5.74, 6) is 2.53. The molecule has 0 unspecified atom stereocenters. The molecular formula is C14H24N4O. The van der Waals surface area contributed by atoms with E-state index in [1.165, 1.54) is 25.7 Å². The van der Waals surface area contributed by atoms with E-state index in [0.29, 0.717) is 6.54 Å². The van der Waals surface area contributed by atoms with Crippen LogP contribution in [0.25, 0.3) is 0 Å². The number of nitrogens with one attached hydrogen (secondary N) is 2. The van der Waals surface area contributed by atoms with E-state index in [1.807, 2.05) is 13.8 Å². The Balaban J connectivity index is 1.79. The number of rotatable bonds is 4. The van der Waals surface area contributed by atoms with E-state index < -0.39 is 0 Å². The molecular weight excluding hydrogens is 240 g/mol. The largest absolute Gasteiger partial charge is 0.361 e. The third-order valence-electron chi connectivity index (χ3n) is 3.87. The molecule has 5 heteroatoms. The molecule has 5 nitrogen and oxygen atoms in total. The van der Waals surface area contributed by atoms with Crippen LogP contribution in [0.5, 0.6) is 0 Å². The number of nitrogens with zero attached hydrogens (tertiary/aromatic N) is 2. The first-order valence-electron chi connectivity index (χ1n) is 7.07. The maximum atomic E-state index is 5.15. The maximum absolute atomic E-state index is 5.15. The van der Waals surface area contributed by atoms with Gasteiger partial charge in [-0.05, 0) is 32.6 Å². The molecule has 1 heterocycles. The molecule has 0 bridgehead atoms. The van der Waals surface area contributed by atoms with Gasteiger partial charge in [-0.15, -0.1) is 0 Å². The maximum Gasteiger partial charge on any atom is 0.191 e. The monoisotopic (exact) mass is 264 g/mol. The van der Waals surface area contributed by atoms with E-state index in [-0.39, 0.29) is 0 Å². The van der Waals surface area contributed by atoms with Gasteiger partial charge in [-0.1, -0.05) is 18.0 Å². The Hall–Kier alpha value is -1.52. The summed E-state index contributed by atoms with van der Waals surface area (Å²) in [6.07, 6.45) is 5.43. The Kier molecular flexibility index (Phi) is 4.82. The number of aryl methyl sites for hydroxylation is 2. The van der Waals surface area contributed by atoms with Crippen LogP contribution < -0.4 is 10.6 Å². The molecule has 0 saturated heterocycles. The zero-order chi connectivity index (χ0) is 13.7. The minimum absolute atomic E-state index is 0.700. The van der Waals surface area contributed by atoms with Crippen molar-refractivity contribution in [3.63, 3.8) is 0 Å². The fraction of sp³-hybridized carbons (Fsp3) is 0.714. The SMILES string of the molecule is CN=C(NCc1c(C)noc1C)NCC1CCCC1. The molecule has 106 valence electrons. The lowest BCUT2D eigenvalue weighted by Gasteiger charge is -2.15. The molecule has 1 saturated carbocycles. The van der Waals surface area contributed by atoms with E-state index in [4.69, 9.17) is 4.52 Å². The highest BCUT2D eigenvalue weighted by Crippen LogP contribution is 2.23. The first-order chi connectivity index (χ1) is 9.20. The predicted octanol–water partition coefficient (Wildman–Crippen LogP) is 2.15. The summed E-state index contributed by atoms with van der Waals surface area (Å²) in [5.41, 5.74) is 2.06. The van der Waals surface area contributed by atoms with Gasteiger partial charge < -0.3 is 15.2 Å². The highest BCUT2D eigenvalue weighted by molar-refractivity contribution is 5.79. The van der Waals surface area contributed by atoms with Crippen LogP contribution in [-0.4, -0.2) is 24.7 Å². The zero-order valence-corrected chi connectivity index (χ0v) is 12.1. The molecule has 1 aromatic rings. The second kappa shape index (κ2) is 6.59. The van der Waals surface area contributed by atoms with E-state index >= 15 is 0 Å². The van der Waals surface area contributed by atoms with Crippen molar-refractivity contribution in [3.05, 3.63) is 17.0 Å². The highest BCUT2D eigenvalue weighted by atomic mass is 16.5. The average molecular weight is 264 g/mol. The standard InChI is InChI=1S/C14H24N4O/c1-10-13(11(2)19-18-10)9-17-14(15-3)16-8-12-6-4-5-7-12/h12H,4-9H2,1-3H3,(H2,15,16,17). The first kappa shape index (κ1) is 13.9. The summed E-state index contributed by atoms with van der Waals surface area (Å²) in [5, 5.41) is 10.7. The summed E-state index contributed by atoms with van der Waals surface area (Å²) < 4.78 is 5.15. The lowest BCUT2D eigenvalue weighted by molar-refractivity contribution is 0.392. The Bertz CT molecular complexity index is 413. The van der Waals surface area contributed by atoms with Crippen LogP contribution in [0.3, 0.4) is 0 Å². The second-order valence-electron chi connectivity index (χ2n) is 5.26. The van der Waals surface area contributed by atoms with Crippen LogP contribution in [0, 0.1) is 19.8 Å². The topological polar surface area (TPSA) is 62.5 Å². The van der Waals surface area contributed by atoms with E-state index in [1.54, 1.807) is 7.05 Å². The first-order valence-corrected chi connectivity index (χ1v) is 7.07. The smallest absolute Gasteiger partial charge is 0.191 e. The highest BCUT2D eigenvalue weighted by Gasteiger charge is 2.15. The fourth-order valence-electron chi connectivity index (χ4n) is 2.60. The minimum atomic E-state index is 0.700. The summed E-state index contributed by atoms with van der Waals surface area (Å²) in [6.45, 7) is 5.61. The van der Waals surface area contributed by atoms with Crippen molar-refractivity contribution in [1.82, 2.24) is 15.8 Å². The van der Waals surface area contributed by atoms with Gasteiger partial charge in [0.2, 0.25) is 0 Å². The quantitative estimate of drug-likeness (QED) is 0.646. The lowest BCUT2D eigenvalue weighted by atomic mass is 10.1. The van der Waals surface area contributed by atoms with Crippen molar-refractivity contribution in [2.75, 3.05) is 13.6 Å². The summed E-state index contributed by atoms with van der Waals surface area (Å²) >= 11 is 0. The summed E-state index contributed by atoms with van der Waals surface area (Å²) in [6, 6.07) is 0. The summed E-state index contributed by atoms with van der Waals surface area (Å²) in [4.78, 5) is 4.25. The van der Waals surface area contributed by atoms with Crippen LogP contribution in [0.15, 0.2) is 9.52 Å². The van der Waals surface area contributed by atoms with Crippen molar-refractivity contribution in [1.29, 1.82) is 0 Å². The van der Waals surface area contributed by atoms with Gasteiger partial charge in [-0.3, -0.25) is 4.99 Å². The van der Waals surface area contributed by atoms with Gasteiger partial charge in [0, 0.05) is 25.7 Å². The average Bonchev–Trinajstić information content (AvgIpc) is 3.02. The molecule has 0 radical (unpaired) electrons. The zero-order valence-electron chi connectivity index (χ0n) is 12.1. The van der Waals surface area contributed by atoms with Crippen LogP contribution in [-0.2, 0) is 6.54 Å². The number of hydrogen-bond donors (Lipinski definition) is 2. The van der Waals surface area contributed by atoms with Gasteiger partial charge in [0.1, 0.15) is 5.76 Å². The molecule has 0 spiro atoms. The normalized spacial score (nSPS) is 16.9. The Morgan fingerprint density at radius 3 is 2.63 bits per heavy atom. The van der Waals surface area contributed by atoms with Gasteiger partial charge in [-0.25, -0.2) is 0 Å². The van der Waals surface area contributed by atoms with Crippen molar-refractivity contribution in [2.24, 2.45) is 10.9 Å². The molecule has 1 aliphatic carbocycles. The molecule has 0 aliphatic heterocycles. The predicted molar refractivity (Wildman–Crippen MR) is 76.1 cm³/mol. The Labute approximate surface area is 114 Å². The van der Waals surface area contributed by atoms with Crippen molar-refractivity contribution >= 4 is 5.96 Å². The fourth-order valence-corrected chi connectivity index (χ4v) is 2.60. The van der Waals surface area contributed by atoms with Crippen LogP contribution >= 0.6 is 0 Å². The molecule has 2 N–H and O–H groups in total. The molecule has 2 rings (SSSR count). The lowest BCUT2D eigenvalue weighted by Crippen LogP contribution is -2.39. The van der Waals surface area contributed by atoms with Crippen LogP contribution in [0.1, 0.15) is 42.7 Å². The molecule has 0 atom stereocenters. The number of aliphatic imine (C=N–C) groups is 1. The van der Waals surface area contributed by atoms with Crippen LogP contribution in [0.2, 0.25) is 0 Å². The van der Waals surface area contributed by atoms with Crippen LogP contribution in [0.4, 0.5) is 0 Å².